The van der Waals surface area contributed by atoms with E-state index in [9.17, 15) is 20.1 Å². The highest BCUT2D eigenvalue weighted by molar-refractivity contribution is 5.80. The molecule has 0 aliphatic carbocycles. The van der Waals surface area contributed by atoms with Gasteiger partial charge >= 0.3 is 0 Å². The van der Waals surface area contributed by atoms with E-state index in [2.05, 4.69) is 31.3 Å². The average Bonchev–Trinajstić information content (AvgIpc) is 2.94. The highest BCUT2D eigenvalue weighted by Crippen LogP contribution is 2.14. The first-order chi connectivity index (χ1) is 19.1. The van der Waals surface area contributed by atoms with Crippen molar-refractivity contribution in [2.24, 2.45) is 0 Å². The van der Waals surface area contributed by atoms with E-state index >= 15 is 0 Å². The molecule has 5 nitrogen and oxygen atoms in total. The van der Waals surface area contributed by atoms with Gasteiger partial charge < -0.3 is 20.6 Å². The maximum atomic E-state index is 12.3. The number of hydrogen-bond donors (Lipinski definition) is 4. The summed E-state index contributed by atoms with van der Waals surface area (Å²) in [6.45, 7) is 4.11. The predicted molar refractivity (Wildman–Crippen MR) is 167 cm³/mol. The molecule has 5 heteroatoms. The lowest BCUT2D eigenvalue weighted by Crippen LogP contribution is -2.48. The first-order valence-electron chi connectivity index (χ1n) is 16.7. The lowest BCUT2D eigenvalue weighted by molar-refractivity contribution is -0.131. The lowest BCUT2D eigenvalue weighted by atomic mass is 10.0. The third-order valence-corrected chi connectivity index (χ3v) is 7.54. The summed E-state index contributed by atoms with van der Waals surface area (Å²) >= 11 is 0. The van der Waals surface area contributed by atoms with Gasteiger partial charge in [-0.2, -0.15) is 0 Å². The largest absolute Gasteiger partial charge is 0.394 e. The molecule has 0 bridgehead atoms. The van der Waals surface area contributed by atoms with E-state index in [-0.39, 0.29) is 6.61 Å². The molecule has 0 fully saturated rings. The topological polar surface area (TPSA) is 89.8 Å². The smallest absolute Gasteiger partial charge is 0.249 e. The summed E-state index contributed by atoms with van der Waals surface area (Å²) in [5.41, 5.74) is 0. The Kier molecular flexibility index (Phi) is 28.9. The summed E-state index contributed by atoms with van der Waals surface area (Å²) < 4.78 is 0. The van der Waals surface area contributed by atoms with Gasteiger partial charge in [0.05, 0.1) is 18.8 Å². The van der Waals surface area contributed by atoms with E-state index in [0.29, 0.717) is 6.42 Å². The highest BCUT2D eigenvalue weighted by Gasteiger charge is 2.22. The monoisotopic (exact) mass is 551 g/mol. The molecule has 4 N–H and O–H groups in total. The third-order valence-electron chi connectivity index (χ3n) is 7.54. The molecule has 0 saturated carbocycles. The van der Waals surface area contributed by atoms with E-state index in [1.807, 2.05) is 6.08 Å². The van der Waals surface area contributed by atoms with Crippen molar-refractivity contribution in [1.29, 1.82) is 0 Å². The molecule has 0 rings (SSSR count). The summed E-state index contributed by atoms with van der Waals surface area (Å²) in [7, 11) is 0. The van der Waals surface area contributed by atoms with Crippen LogP contribution < -0.4 is 5.32 Å². The number of amides is 1. The molecule has 0 aliphatic heterocycles. The maximum Gasteiger partial charge on any atom is 0.249 e. The Hall–Kier alpha value is -1.17. The summed E-state index contributed by atoms with van der Waals surface area (Å²) in [6.07, 6.45) is 33.3. The van der Waals surface area contributed by atoms with Gasteiger partial charge in [0.15, 0.2) is 0 Å². The SMILES string of the molecule is CCCCCCC/C=C/CC/C=C/C(O)C(CO)NC(=O)C(O)CCCCCCCCCCCCCCCC. The van der Waals surface area contributed by atoms with Gasteiger partial charge in [-0.1, -0.05) is 154 Å². The molecule has 230 valence electrons. The van der Waals surface area contributed by atoms with Gasteiger partial charge in [-0.25, -0.2) is 0 Å². The van der Waals surface area contributed by atoms with E-state index in [4.69, 9.17) is 0 Å². The van der Waals surface area contributed by atoms with E-state index in [1.54, 1.807) is 6.08 Å². The number of rotatable bonds is 29. The quantitative estimate of drug-likeness (QED) is 0.0556. The van der Waals surface area contributed by atoms with Crippen LogP contribution in [-0.4, -0.2) is 46.1 Å². The summed E-state index contributed by atoms with van der Waals surface area (Å²) in [4.78, 5) is 12.3. The first-order valence-corrected chi connectivity index (χ1v) is 16.7. The van der Waals surface area contributed by atoms with Gasteiger partial charge in [0, 0.05) is 0 Å². The standard InChI is InChI=1S/C34H65NO4/c1-3-5-7-9-11-13-15-16-17-19-21-23-25-27-29-33(38)34(39)35-31(30-36)32(37)28-26-24-22-20-18-14-12-10-8-6-4-2/h18,20,26,28,31-33,36-38H,3-17,19,21-25,27,29-30H2,1-2H3,(H,35,39)/b20-18+,28-26+. The maximum absolute atomic E-state index is 12.3. The summed E-state index contributed by atoms with van der Waals surface area (Å²) in [5, 5.41) is 32.8. The van der Waals surface area contributed by atoms with Gasteiger partial charge in [0.25, 0.3) is 0 Å². The number of carbonyl (C=O) groups is 1. The van der Waals surface area contributed by atoms with E-state index in [0.717, 1.165) is 38.5 Å². The van der Waals surface area contributed by atoms with Crippen molar-refractivity contribution in [3.8, 4) is 0 Å². The number of hydrogen-bond acceptors (Lipinski definition) is 4. The zero-order valence-corrected chi connectivity index (χ0v) is 25.8. The Morgan fingerprint density at radius 3 is 1.56 bits per heavy atom. The van der Waals surface area contributed by atoms with Crippen LogP contribution in [0.1, 0.15) is 162 Å². The molecule has 0 aromatic rings. The van der Waals surface area contributed by atoms with Crippen LogP contribution in [0.15, 0.2) is 24.3 Å². The van der Waals surface area contributed by atoms with Crippen LogP contribution in [0.3, 0.4) is 0 Å². The molecular weight excluding hydrogens is 486 g/mol. The Balaban J connectivity index is 3.81. The summed E-state index contributed by atoms with van der Waals surface area (Å²) in [5.74, 6) is -0.516. The number of nitrogens with one attached hydrogen (secondary N) is 1. The van der Waals surface area contributed by atoms with Crippen molar-refractivity contribution in [1.82, 2.24) is 5.32 Å². The fraction of sp³-hybridized carbons (Fsp3) is 0.853. The second-order valence-corrected chi connectivity index (χ2v) is 11.4. The number of carbonyl (C=O) groups excluding carboxylic acids is 1. The third kappa shape index (κ3) is 25.5. The second-order valence-electron chi connectivity index (χ2n) is 11.4. The van der Waals surface area contributed by atoms with Crippen LogP contribution in [0.5, 0.6) is 0 Å². The minimum atomic E-state index is -1.10. The van der Waals surface area contributed by atoms with E-state index in [1.165, 1.54) is 103 Å². The Labute approximate surface area is 241 Å². The van der Waals surface area contributed by atoms with Crippen molar-refractivity contribution in [2.75, 3.05) is 6.61 Å². The molecule has 39 heavy (non-hydrogen) atoms. The zero-order valence-electron chi connectivity index (χ0n) is 25.8. The van der Waals surface area contributed by atoms with Crippen molar-refractivity contribution < 1.29 is 20.1 Å². The van der Waals surface area contributed by atoms with Gasteiger partial charge in [0.1, 0.15) is 6.10 Å². The molecule has 0 radical (unpaired) electrons. The van der Waals surface area contributed by atoms with Crippen LogP contribution in [-0.2, 0) is 4.79 Å². The van der Waals surface area contributed by atoms with Gasteiger partial charge in [-0.05, 0) is 32.1 Å². The normalized spacial score (nSPS) is 14.3. The molecule has 1 amide bonds. The highest BCUT2D eigenvalue weighted by atomic mass is 16.3. The lowest BCUT2D eigenvalue weighted by Gasteiger charge is -2.21. The minimum absolute atomic E-state index is 0.374. The average molecular weight is 552 g/mol. The fourth-order valence-electron chi connectivity index (χ4n) is 4.84. The Morgan fingerprint density at radius 2 is 1.05 bits per heavy atom. The van der Waals surface area contributed by atoms with Crippen molar-refractivity contribution in [3.05, 3.63) is 24.3 Å². The zero-order chi connectivity index (χ0) is 28.8. The minimum Gasteiger partial charge on any atom is -0.394 e. The molecule has 0 aromatic heterocycles. The molecule has 0 heterocycles. The second kappa shape index (κ2) is 29.8. The Morgan fingerprint density at radius 1 is 0.615 bits per heavy atom. The number of allylic oxidation sites excluding steroid dienone is 3. The molecule has 3 atom stereocenters. The van der Waals surface area contributed by atoms with E-state index < -0.39 is 24.2 Å². The van der Waals surface area contributed by atoms with Crippen LogP contribution in [0.25, 0.3) is 0 Å². The molecule has 0 aliphatic rings. The van der Waals surface area contributed by atoms with Gasteiger partial charge in [-0.15, -0.1) is 0 Å². The molecule has 0 spiro atoms. The van der Waals surface area contributed by atoms with Crippen LogP contribution in [0, 0.1) is 0 Å². The molecular formula is C34H65NO4. The van der Waals surface area contributed by atoms with Gasteiger partial charge in [-0.3, -0.25) is 4.79 Å². The molecule has 0 aromatic carbocycles. The molecule has 3 unspecified atom stereocenters. The van der Waals surface area contributed by atoms with Crippen molar-refractivity contribution in [3.63, 3.8) is 0 Å². The van der Waals surface area contributed by atoms with Gasteiger partial charge in [0.2, 0.25) is 5.91 Å². The van der Waals surface area contributed by atoms with Crippen molar-refractivity contribution in [2.45, 2.75) is 180 Å². The van der Waals surface area contributed by atoms with Crippen molar-refractivity contribution >= 4 is 5.91 Å². The number of aliphatic hydroxyl groups excluding tert-OH is 3. The van der Waals surface area contributed by atoms with Crippen LogP contribution in [0.4, 0.5) is 0 Å². The van der Waals surface area contributed by atoms with Crippen LogP contribution >= 0.6 is 0 Å². The predicted octanol–water partition coefficient (Wildman–Crippen LogP) is 8.31. The number of aliphatic hydroxyl groups is 3. The first kappa shape index (κ1) is 37.8. The van der Waals surface area contributed by atoms with Crippen LogP contribution in [0.2, 0.25) is 0 Å². The Bertz CT molecular complexity index is 578. The summed E-state index contributed by atoms with van der Waals surface area (Å²) in [6, 6.07) is -0.807. The number of unbranched alkanes of at least 4 members (excludes halogenated alkanes) is 19. The fourth-order valence-corrected chi connectivity index (χ4v) is 4.84. The molecule has 0 saturated heterocycles.